The Hall–Kier alpha value is -2.12. The third kappa shape index (κ3) is 9.61. The molecule has 200 valence electrons. The Bertz CT molecular complexity index is 1200. The number of aromatic nitrogens is 2. The van der Waals surface area contributed by atoms with Crippen molar-refractivity contribution in [3.63, 3.8) is 0 Å². The van der Waals surface area contributed by atoms with Gasteiger partial charge in [0, 0.05) is 46.5 Å². The number of ether oxygens (including phenoxy) is 3. The molecule has 0 unspecified atom stereocenters. The maximum atomic E-state index is 13.7. The van der Waals surface area contributed by atoms with E-state index in [1.807, 2.05) is 30.3 Å². The molecule has 3 aromatic rings. The van der Waals surface area contributed by atoms with E-state index in [-0.39, 0.29) is 19.4 Å². The van der Waals surface area contributed by atoms with Crippen LogP contribution in [0.2, 0.25) is 51.4 Å². The molecule has 37 heavy (non-hydrogen) atoms. The fraction of sp³-hybridized carbons (Fsp3) is 0.444. The van der Waals surface area contributed by atoms with Crippen LogP contribution < -0.4 is 9.64 Å². The van der Waals surface area contributed by atoms with E-state index in [2.05, 4.69) is 65.2 Å². The van der Waals surface area contributed by atoms with E-state index in [4.69, 9.17) is 14.2 Å². The Morgan fingerprint density at radius 2 is 1.65 bits per heavy atom. The van der Waals surface area contributed by atoms with E-state index in [0.29, 0.717) is 36.0 Å². The van der Waals surface area contributed by atoms with Gasteiger partial charge in [0.05, 0.1) is 4.47 Å². The van der Waals surface area contributed by atoms with Crippen LogP contribution in [0.15, 0.2) is 53.1 Å². The van der Waals surface area contributed by atoms with Crippen LogP contribution in [0.25, 0.3) is 11.0 Å². The summed E-state index contributed by atoms with van der Waals surface area (Å²) < 4.78 is 18.3. The largest absolute Gasteiger partial charge is 0.466 e. The van der Waals surface area contributed by atoms with Crippen LogP contribution in [0.3, 0.4) is 0 Å². The van der Waals surface area contributed by atoms with Crippen LogP contribution >= 0.6 is 15.9 Å². The number of hydrogen-bond donors (Lipinski definition) is 0. The number of amides is 1. The minimum absolute atomic E-state index is 0.0979. The molecule has 0 bridgehead atoms. The molecular formula is C27H38BrN3O4Si2. The molecular weight excluding hydrogens is 566 g/mol. The maximum absolute atomic E-state index is 13.7. The highest BCUT2D eigenvalue weighted by molar-refractivity contribution is 9.10. The summed E-state index contributed by atoms with van der Waals surface area (Å²) in [7, 11) is -2.43. The molecule has 2 aromatic heterocycles. The smallest absolute Gasteiger partial charge is 0.261 e. The average molecular weight is 605 g/mol. The molecule has 0 saturated heterocycles. The number of carbonyl (C=O) groups excluding carboxylic acids is 1. The van der Waals surface area contributed by atoms with Crippen molar-refractivity contribution in [2.45, 2.75) is 51.4 Å². The first-order valence-electron chi connectivity index (χ1n) is 12.5. The molecule has 2 heterocycles. The van der Waals surface area contributed by atoms with Crippen LogP contribution in [-0.2, 0) is 9.47 Å². The van der Waals surface area contributed by atoms with E-state index in [1.54, 1.807) is 23.2 Å². The number of carbonyl (C=O) groups is 1. The van der Waals surface area contributed by atoms with Crippen LogP contribution in [-0.4, -0.2) is 58.8 Å². The van der Waals surface area contributed by atoms with Gasteiger partial charge in [0.15, 0.2) is 12.4 Å². The molecule has 10 heteroatoms. The summed E-state index contributed by atoms with van der Waals surface area (Å²) in [4.78, 5) is 24.3. The standard InChI is InChI=1S/C27H38BrN3O4Si2/c1-36(2,3)16-14-33-19-31(25-12-10-21-8-7-13-29-26(21)30-25)27(32)22-9-11-23(28)24(18-22)35-20-34-15-17-37(4,5)6/h7-13,18H,14-17,19-20H2,1-6H3. The number of nitrogens with zero attached hydrogens (tertiary/aromatic N) is 3. The molecule has 0 saturated carbocycles. The Kier molecular flexibility index (Phi) is 10.4. The molecule has 0 aliphatic heterocycles. The SMILES string of the molecule is C[Si](C)(C)CCOCOc1cc(C(=O)N(COCC[Si](C)(C)C)c2ccc3cccnc3n2)ccc1Br. The van der Waals surface area contributed by atoms with Gasteiger partial charge in [-0.05, 0) is 70.5 Å². The molecule has 3 rings (SSSR count). The van der Waals surface area contributed by atoms with Gasteiger partial charge in [0.25, 0.3) is 5.91 Å². The second-order valence-corrected chi connectivity index (χ2v) is 23.5. The Labute approximate surface area is 230 Å². The minimum atomic E-state index is -1.26. The van der Waals surface area contributed by atoms with E-state index >= 15 is 0 Å². The molecule has 1 amide bonds. The van der Waals surface area contributed by atoms with Crippen molar-refractivity contribution in [2.75, 3.05) is 31.6 Å². The molecule has 0 N–H and O–H groups in total. The summed E-state index contributed by atoms with van der Waals surface area (Å²) in [5, 5.41) is 0.909. The van der Waals surface area contributed by atoms with E-state index in [9.17, 15) is 4.79 Å². The fourth-order valence-corrected chi connectivity index (χ4v) is 5.18. The van der Waals surface area contributed by atoms with Gasteiger partial charge >= 0.3 is 0 Å². The highest BCUT2D eigenvalue weighted by Gasteiger charge is 2.22. The van der Waals surface area contributed by atoms with E-state index in [1.165, 1.54) is 0 Å². The predicted molar refractivity (Wildman–Crippen MR) is 159 cm³/mol. The molecule has 0 spiro atoms. The number of rotatable bonds is 13. The van der Waals surface area contributed by atoms with Gasteiger partial charge in [-0.15, -0.1) is 0 Å². The van der Waals surface area contributed by atoms with Crippen molar-refractivity contribution >= 4 is 54.8 Å². The van der Waals surface area contributed by atoms with Gasteiger partial charge in [0.2, 0.25) is 0 Å². The Balaban J connectivity index is 1.78. The Morgan fingerprint density at radius 3 is 2.35 bits per heavy atom. The number of pyridine rings is 2. The van der Waals surface area contributed by atoms with E-state index < -0.39 is 16.1 Å². The van der Waals surface area contributed by atoms with Crippen molar-refractivity contribution < 1.29 is 19.0 Å². The molecule has 7 nitrogen and oxygen atoms in total. The second kappa shape index (κ2) is 13.1. The monoisotopic (exact) mass is 603 g/mol. The van der Waals surface area contributed by atoms with Gasteiger partial charge in [-0.25, -0.2) is 9.97 Å². The molecule has 0 aliphatic rings. The number of hydrogen-bond acceptors (Lipinski definition) is 6. The first-order valence-corrected chi connectivity index (χ1v) is 20.8. The summed E-state index contributed by atoms with van der Waals surface area (Å²) in [6.07, 6.45) is 1.69. The summed E-state index contributed by atoms with van der Waals surface area (Å²) >= 11 is 3.52. The second-order valence-electron chi connectivity index (χ2n) is 11.4. The summed E-state index contributed by atoms with van der Waals surface area (Å²) in [5.41, 5.74) is 1.05. The lowest BCUT2D eigenvalue weighted by molar-refractivity contribution is 0.0215. The van der Waals surface area contributed by atoms with Crippen LogP contribution in [0.1, 0.15) is 10.4 Å². The zero-order valence-electron chi connectivity index (χ0n) is 22.7. The molecule has 1 aromatic carbocycles. The van der Waals surface area contributed by atoms with Crippen molar-refractivity contribution in [1.82, 2.24) is 9.97 Å². The van der Waals surface area contributed by atoms with Crippen LogP contribution in [0.4, 0.5) is 5.82 Å². The number of benzene rings is 1. The number of fused-ring (bicyclic) bond motifs is 1. The van der Waals surface area contributed by atoms with Crippen molar-refractivity contribution in [3.05, 3.63) is 58.7 Å². The van der Waals surface area contributed by atoms with Gasteiger partial charge in [-0.1, -0.05) is 39.3 Å². The van der Waals surface area contributed by atoms with Crippen molar-refractivity contribution in [1.29, 1.82) is 0 Å². The maximum Gasteiger partial charge on any atom is 0.261 e. The third-order valence-electron chi connectivity index (χ3n) is 5.66. The highest BCUT2D eigenvalue weighted by atomic mass is 79.9. The summed E-state index contributed by atoms with van der Waals surface area (Å²) in [6, 6.07) is 14.9. The average Bonchev–Trinajstić information content (AvgIpc) is 2.83. The van der Waals surface area contributed by atoms with Crippen LogP contribution in [0.5, 0.6) is 5.75 Å². The molecule has 0 atom stereocenters. The quantitative estimate of drug-likeness (QED) is 0.118. The van der Waals surface area contributed by atoms with Gasteiger partial charge in [0.1, 0.15) is 18.3 Å². The topological polar surface area (TPSA) is 73.8 Å². The van der Waals surface area contributed by atoms with Crippen molar-refractivity contribution in [2.24, 2.45) is 0 Å². The zero-order chi connectivity index (χ0) is 27.1. The Morgan fingerprint density at radius 1 is 0.946 bits per heavy atom. The first kappa shape index (κ1) is 29.4. The summed E-state index contributed by atoms with van der Waals surface area (Å²) in [5.74, 6) is 0.809. The lowest BCUT2D eigenvalue weighted by Gasteiger charge is -2.23. The fourth-order valence-electron chi connectivity index (χ4n) is 3.30. The first-order chi connectivity index (χ1) is 17.4. The normalized spacial score (nSPS) is 12.1. The highest BCUT2D eigenvalue weighted by Crippen LogP contribution is 2.28. The molecule has 0 aliphatic carbocycles. The molecule has 0 fully saturated rings. The van der Waals surface area contributed by atoms with Crippen molar-refractivity contribution in [3.8, 4) is 5.75 Å². The van der Waals surface area contributed by atoms with Gasteiger partial charge < -0.3 is 14.2 Å². The lowest BCUT2D eigenvalue weighted by atomic mass is 10.2. The van der Waals surface area contributed by atoms with Gasteiger partial charge in [-0.2, -0.15) is 0 Å². The number of anilines is 1. The third-order valence-corrected chi connectivity index (χ3v) is 9.72. The lowest BCUT2D eigenvalue weighted by Crippen LogP contribution is -2.35. The molecule has 0 radical (unpaired) electrons. The zero-order valence-corrected chi connectivity index (χ0v) is 26.3. The van der Waals surface area contributed by atoms with E-state index in [0.717, 1.165) is 21.9 Å². The predicted octanol–water partition coefficient (Wildman–Crippen LogP) is 7.04. The summed E-state index contributed by atoms with van der Waals surface area (Å²) in [6.45, 7) is 15.3. The van der Waals surface area contributed by atoms with Gasteiger partial charge in [-0.3, -0.25) is 9.69 Å². The minimum Gasteiger partial charge on any atom is -0.466 e. The van der Waals surface area contributed by atoms with Crippen LogP contribution in [0, 0.1) is 0 Å². The number of halogens is 1.